The van der Waals surface area contributed by atoms with Crippen LogP contribution >= 0.6 is 15.9 Å². The minimum atomic E-state index is -0.793. The zero-order chi connectivity index (χ0) is 30.0. The number of ether oxygens (including phenoxy) is 1. The molecule has 4 aromatic rings. The summed E-state index contributed by atoms with van der Waals surface area (Å²) in [7, 11) is 0. The highest BCUT2D eigenvalue weighted by molar-refractivity contribution is 9.10. The minimum absolute atomic E-state index is 0.0494. The second kappa shape index (κ2) is 10.3. The molecule has 214 valence electrons. The number of amides is 3. The van der Waals surface area contributed by atoms with E-state index < -0.39 is 30.3 Å². The van der Waals surface area contributed by atoms with E-state index in [0.717, 1.165) is 42.8 Å². The first-order valence-corrected chi connectivity index (χ1v) is 14.9. The first kappa shape index (κ1) is 27.3. The van der Waals surface area contributed by atoms with Gasteiger partial charge in [-0.1, -0.05) is 76.6 Å². The largest absolute Gasteiger partial charge is 0.452 e. The van der Waals surface area contributed by atoms with Gasteiger partial charge >= 0.3 is 5.97 Å². The Labute approximate surface area is 257 Å². The predicted octanol–water partition coefficient (Wildman–Crippen LogP) is 6.26. The Bertz CT molecular complexity index is 1730. The van der Waals surface area contributed by atoms with Crippen molar-refractivity contribution in [1.82, 2.24) is 0 Å². The molecule has 1 N–H and O–H groups in total. The molecule has 0 spiro atoms. The van der Waals surface area contributed by atoms with Crippen molar-refractivity contribution in [2.75, 3.05) is 16.8 Å². The van der Waals surface area contributed by atoms with Crippen LogP contribution < -0.4 is 10.2 Å². The van der Waals surface area contributed by atoms with Gasteiger partial charge in [0.1, 0.15) is 0 Å². The number of imide groups is 1. The lowest BCUT2D eigenvalue weighted by Crippen LogP contribution is -2.41. The van der Waals surface area contributed by atoms with Gasteiger partial charge in [0.2, 0.25) is 11.8 Å². The highest BCUT2D eigenvalue weighted by Gasteiger charge is 2.62. The lowest BCUT2D eigenvalue weighted by Gasteiger charge is -2.45. The molecule has 0 aromatic heterocycles. The van der Waals surface area contributed by atoms with E-state index in [1.165, 1.54) is 6.07 Å². The quantitative estimate of drug-likeness (QED) is 0.207. The molecule has 2 bridgehead atoms. The second-order valence-electron chi connectivity index (χ2n) is 11.3. The van der Waals surface area contributed by atoms with Crippen molar-refractivity contribution >= 4 is 51.0 Å². The maximum absolute atomic E-state index is 14.2. The van der Waals surface area contributed by atoms with E-state index in [-0.39, 0.29) is 34.9 Å². The van der Waals surface area contributed by atoms with Crippen LogP contribution in [0.15, 0.2) is 89.4 Å². The molecule has 1 fully saturated rings. The number of aryl methyl sites for hydroxylation is 2. The van der Waals surface area contributed by atoms with Crippen molar-refractivity contribution in [3.05, 3.63) is 128 Å². The molecular formula is C35H27BrN2O5. The first-order chi connectivity index (χ1) is 20.8. The fourth-order valence-corrected chi connectivity index (χ4v) is 7.41. The van der Waals surface area contributed by atoms with Crippen LogP contribution in [0.1, 0.15) is 55.6 Å². The van der Waals surface area contributed by atoms with Gasteiger partial charge in [0.25, 0.3) is 5.91 Å². The van der Waals surface area contributed by atoms with Gasteiger partial charge in [0.05, 0.1) is 23.1 Å². The van der Waals surface area contributed by atoms with Gasteiger partial charge in [-0.3, -0.25) is 14.4 Å². The molecule has 3 aliphatic carbocycles. The summed E-state index contributed by atoms with van der Waals surface area (Å²) in [4.78, 5) is 55.4. The van der Waals surface area contributed by atoms with Crippen molar-refractivity contribution in [1.29, 1.82) is 0 Å². The zero-order valence-corrected chi connectivity index (χ0v) is 25.1. The minimum Gasteiger partial charge on any atom is -0.452 e. The van der Waals surface area contributed by atoms with Gasteiger partial charge in [-0.15, -0.1) is 0 Å². The van der Waals surface area contributed by atoms with Crippen molar-refractivity contribution in [2.45, 2.75) is 25.7 Å². The van der Waals surface area contributed by atoms with E-state index in [2.05, 4.69) is 21.2 Å². The van der Waals surface area contributed by atoms with Crippen molar-refractivity contribution in [3.63, 3.8) is 0 Å². The van der Waals surface area contributed by atoms with Crippen LogP contribution in [-0.2, 0) is 19.1 Å². The SMILES string of the molecule is Cc1cc(NC(=O)COC(=O)c2ccccc2N2C(=O)[C@@H]3C4c5ccccc5C(c5ccccc54)[C@@H]3C2=O)cc(C)c1Br. The van der Waals surface area contributed by atoms with Crippen LogP contribution in [0, 0.1) is 25.7 Å². The molecular weight excluding hydrogens is 608 g/mol. The maximum Gasteiger partial charge on any atom is 0.340 e. The molecule has 1 heterocycles. The fourth-order valence-electron chi connectivity index (χ4n) is 7.18. The monoisotopic (exact) mass is 634 g/mol. The van der Waals surface area contributed by atoms with Crippen molar-refractivity contribution in [3.8, 4) is 0 Å². The summed E-state index contributed by atoms with van der Waals surface area (Å²) in [5.41, 5.74) is 7.03. The molecule has 0 saturated carbocycles. The van der Waals surface area contributed by atoms with Crippen LogP contribution in [-0.4, -0.2) is 30.3 Å². The standard InChI is InChI=1S/C35H27BrN2O5/c1-18-15-20(16-19(2)32(18)36)37-27(39)17-43-35(42)25-13-7-8-14-26(25)38-33(40)30-28-21-9-3-4-10-22(21)29(31(30)34(38)41)24-12-6-5-11-23(24)28/h3-16,28-31H,17H2,1-2H3,(H,37,39)/t28?,29?,30-,31+. The van der Waals surface area contributed by atoms with Gasteiger partial charge in [-0.2, -0.15) is 0 Å². The third-order valence-corrected chi connectivity index (χ3v) is 10.1. The van der Waals surface area contributed by atoms with Gasteiger partial charge < -0.3 is 10.1 Å². The van der Waals surface area contributed by atoms with Gasteiger partial charge in [-0.25, -0.2) is 9.69 Å². The van der Waals surface area contributed by atoms with E-state index in [4.69, 9.17) is 4.74 Å². The third-order valence-electron chi connectivity index (χ3n) is 8.87. The highest BCUT2D eigenvalue weighted by Crippen LogP contribution is 2.61. The molecule has 0 radical (unpaired) electrons. The van der Waals surface area contributed by atoms with Crippen LogP contribution in [0.4, 0.5) is 11.4 Å². The summed E-state index contributed by atoms with van der Waals surface area (Å²) >= 11 is 3.51. The number of carbonyl (C=O) groups excluding carboxylic acids is 4. The van der Waals surface area contributed by atoms with Crippen LogP contribution in [0.2, 0.25) is 0 Å². The summed E-state index contributed by atoms with van der Waals surface area (Å²) in [5, 5.41) is 2.75. The molecule has 3 amide bonds. The third kappa shape index (κ3) is 4.23. The Morgan fingerprint density at radius 2 is 1.23 bits per heavy atom. The van der Waals surface area contributed by atoms with Crippen LogP contribution in [0.3, 0.4) is 0 Å². The van der Waals surface area contributed by atoms with Gasteiger partial charge in [-0.05, 0) is 71.5 Å². The molecule has 43 heavy (non-hydrogen) atoms. The number of nitrogens with one attached hydrogen (secondary N) is 1. The smallest absolute Gasteiger partial charge is 0.340 e. The number of nitrogens with zero attached hydrogens (tertiary/aromatic N) is 1. The number of carbonyl (C=O) groups is 4. The molecule has 8 heteroatoms. The lowest BCUT2D eigenvalue weighted by molar-refractivity contribution is -0.122. The molecule has 0 unspecified atom stereocenters. The molecule has 1 saturated heterocycles. The zero-order valence-electron chi connectivity index (χ0n) is 23.5. The fraction of sp³-hybridized carbons (Fsp3) is 0.200. The van der Waals surface area contributed by atoms with Gasteiger partial charge in [0, 0.05) is 22.0 Å². The Morgan fingerprint density at radius 3 is 1.74 bits per heavy atom. The van der Waals surface area contributed by atoms with Gasteiger partial charge in [0.15, 0.2) is 6.61 Å². The lowest BCUT2D eigenvalue weighted by atomic mass is 9.55. The number of hydrogen-bond donors (Lipinski definition) is 1. The summed E-state index contributed by atoms with van der Waals surface area (Å²) in [5.74, 6) is -3.60. The Balaban J connectivity index is 1.16. The average molecular weight is 636 g/mol. The first-order valence-electron chi connectivity index (χ1n) is 14.1. The summed E-state index contributed by atoms with van der Waals surface area (Å²) in [6.07, 6.45) is 0. The number of hydrogen-bond acceptors (Lipinski definition) is 5. The van der Waals surface area contributed by atoms with E-state index in [0.29, 0.717) is 5.69 Å². The number of halogens is 1. The number of anilines is 2. The Hall–Kier alpha value is -4.56. The van der Waals surface area contributed by atoms with Crippen molar-refractivity contribution in [2.24, 2.45) is 11.8 Å². The van der Waals surface area contributed by atoms with E-state index in [1.54, 1.807) is 18.2 Å². The molecule has 4 aliphatic rings. The molecule has 2 atom stereocenters. The summed E-state index contributed by atoms with van der Waals surface area (Å²) in [6, 6.07) is 26.1. The van der Waals surface area contributed by atoms with Crippen LogP contribution in [0.25, 0.3) is 0 Å². The molecule has 4 aromatic carbocycles. The second-order valence-corrected chi connectivity index (χ2v) is 12.1. The molecule has 7 nitrogen and oxygen atoms in total. The number of para-hydroxylation sites is 1. The summed E-state index contributed by atoms with van der Waals surface area (Å²) < 4.78 is 6.34. The Morgan fingerprint density at radius 1 is 0.767 bits per heavy atom. The van der Waals surface area contributed by atoms with E-state index in [1.807, 2.05) is 74.5 Å². The Kier molecular flexibility index (Phi) is 6.54. The predicted molar refractivity (Wildman–Crippen MR) is 165 cm³/mol. The van der Waals surface area contributed by atoms with E-state index >= 15 is 0 Å². The summed E-state index contributed by atoms with van der Waals surface area (Å²) in [6.45, 7) is 3.32. The van der Waals surface area contributed by atoms with Crippen LogP contribution in [0.5, 0.6) is 0 Å². The van der Waals surface area contributed by atoms with Crippen molar-refractivity contribution < 1.29 is 23.9 Å². The molecule has 8 rings (SSSR count). The van der Waals surface area contributed by atoms with E-state index in [9.17, 15) is 19.2 Å². The highest BCUT2D eigenvalue weighted by atomic mass is 79.9. The number of rotatable bonds is 5. The topological polar surface area (TPSA) is 92.8 Å². The normalized spacial score (nSPS) is 21.2. The molecule has 1 aliphatic heterocycles. The average Bonchev–Trinajstić information content (AvgIpc) is 3.28. The number of benzene rings is 4. The maximum atomic E-state index is 14.2. The number of esters is 1.